The summed E-state index contributed by atoms with van der Waals surface area (Å²) >= 11 is 5.96. The molecule has 1 aromatic carbocycles. The molecule has 1 amide bonds. The van der Waals surface area contributed by atoms with Crippen molar-refractivity contribution < 1.29 is 4.79 Å². The largest absolute Gasteiger partial charge is 0.355 e. The van der Waals surface area contributed by atoms with Crippen molar-refractivity contribution >= 4 is 34.7 Å². The summed E-state index contributed by atoms with van der Waals surface area (Å²) in [5, 5.41) is 9.98. The van der Waals surface area contributed by atoms with Crippen molar-refractivity contribution in [3.05, 3.63) is 66.0 Å². The van der Waals surface area contributed by atoms with Gasteiger partial charge in [0.25, 0.3) is 5.91 Å². The first-order valence-corrected chi connectivity index (χ1v) is 8.16. The van der Waals surface area contributed by atoms with Gasteiger partial charge in [-0.3, -0.25) is 4.79 Å². The molecule has 9 heteroatoms. The van der Waals surface area contributed by atoms with Gasteiger partial charge in [-0.1, -0.05) is 6.07 Å². The van der Waals surface area contributed by atoms with Crippen LogP contribution in [0.15, 0.2) is 55.1 Å². The number of rotatable bonds is 4. The van der Waals surface area contributed by atoms with E-state index in [1.807, 2.05) is 28.8 Å². The van der Waals surface area contributed by atoms with Gasteiger partial charge in [0.15, 0.2) is 5.82 Å². The number of hydrogen-bond acceptors (Lipinski definition) is 5. The predicted molar refractivity (Wildman–Crippen MR) is 98.2 cm³/mol. The van der Waals surface area contributed by atoms with E-state index < -0.39 is 0 Å². The molecule has 3 heterocycles. The fourth-order valence-corrected chi connectivity index (χ4v) is 2.77. The van der Waals surface area contributed by atoms with Gasteiger partial charge in [0, 0.05) is 24.5 Å². The van der Waals surface area contributed by atoms with Gasteiger partial charge in [0.05, 0.1) is 6.20 Å². The molecule has 0 aliphatic rings. The first-order valence-electron chi connectivity index (χ1n) is 7.78. The number of benzene rings is 1. The Morgan fingerprint density at radius 2 is 2.12 bits per heavy atom. The molecule has 26 heavy (non-hydrogen) atoms. The molecule has 0 aliphatic carbocycles. The van der Waals surface area contributed by atoms with Crippen molar-refractivity contribution in [1.29, 1.82) is 0 Å². The second kappa shape index (κ2) is 6.49. The highest BCUT2D eigenvalue weighted by Gasteiger charge is 2.10. The molecule has 0 saturated heterocycles. The van der Waals surface area contributed by atoms with Crippen molar-refractivity contribution in [1.82, 2.24) is 29.5 Å². The number of aromatic nitrogens is 5. The molecular weight excluding hydrogens is 354 g/mol. The molecule has 3 aromatic heterocycles. The van der Waals surface area contributed by atoms with Crippen LogP contribution >= 0.6 is 11.6 Å². The summed E-state index contributed by atoms with van der Waals surface area (Å²) in [6, 6.07) is 11.0. The van der Waals surface area contributed by atoms with E-state index in [2.05, 4.69) is 25.7 Å². The number of anilines is 2. The molecule has 0 radical (unpaired) electrons. The molecule has 8 nitrogen and oxygen atoms in total. The molecule has 2 N–H and O–H groups in total. The third kappa shape index (κ3) is 2.98. The van der Waals surface area contributed by atoms with Gasteiger partial charge in [-0.15, -0.1) is 5.10 Å². The summed E-state index contributed by atoms with van der Waals surface area (Å²) in [6.45, 7) is 0. The van der Waals surface area contributed by atoms with Crippen molar-refractivity contribution in [2.45, 2.75) is 0 Å². The zero-order valence-electron chi connectivity index (χ0n) is 13.7. The number of hydrogen-bond donors (Lipinski definition) is 2. The molecule has 0 spiro atoms. The van der Waals surface area contributed by atoms with Gasteiger partial charge >= 0.3 is 0 Å². The first-order chi connectivity index (χ1) is 12.6. The number of fused-ring (bicyclic) bond motifs is 1. The molecule has 0 saturated carbocycles. The molecule has 0 fully saturated rings. The van der Waals surface area contributed by atoms with Gasteiger partial charge in [-0.05, 0) is 41.9 Å². The molecular formula is C17H14ClN7O. The van der Waals surface area contributed by atoms with E-state index in [1.54, 1.807) is 42.4 Å². The SMILES string of the molecule is CNC(=O)c1cccc(-n2cnc(Nc3nc(Cl)nn4cccc34)c2)c1. The normalized spacial score (nSPS) is 10.8. The Labute approximate surface area is 153 Å². The van der Waals surface area contributed by atoms with E-state index in [0.29, 0.717) is 17.2 Å². The number of halogens is 1. The highest BCUT2D eigenvalue weighted by molar-refractivity contribution is 6.28. The Morgan fingerprint density at radius 1 is 1.23 bits per heavy atom. The second-order valence-corrected chi connectivity index (χ2v) is 5.83. The van der Waals surface area contributed by atoms with Crippen LogP contribution in [0.25, 0.3) is 11.2 Å². The average molecular weight is 368 g/mol. The standard InChI is InChI=1S/C17H14ClN7O/c1-19-16(26)11-4-2-5-12(8-11)24-9-14(20-10-24)21-15-13-6-3-7-25(13)23-17(18)22-15/h2-10H,1H3,(H,19,26)(H,21,22,23). The van der Waals surface area contributed by atoms with E-state index in [0.717, 1.165) is 11.2 Å². The van der Waals surface area contributed by atoms with Crippen LogP contribution < -0.4 is 10.6 Å². The van der Waals surface area contributed by atoms with Gasteiger partial charge < -0.3 is 15.2 Å². The average Bonchev–Trinajstić information content (AvgIpc) is 3.30. The number of carbonyl (C=O) groups is 1. The predicted octanol–water partition coefficient (Wildman–Crippen LogP) is 2.67. The van der Waals surface area contributed by atoms with Gasteiger partial charge in [0.2, 0.25) is 5.28 Å². The van der Waals surface area contributed by atoms with Gasteiger partial charge in [0.1, 0.15) is 17.7 Å². The minimum Gasteiger partial charge on any atom is -0.355 e. The van der Waals surface area contributed by atoms with Crippen molar-refractivity contribution in [3.63, 3.8) is 0 Å². The molecule has 4 rings (SSSR count). The van der Waals surface area contributed by atoms with E-state index >= 15 is 0 Å². The Hall–Kier alpha value is -3.39. The topological polar surface area (TPSA) is 89.1 Å². The third-order valence-electron chi connectivity index (χ3n) is 3.83. The van der Waals surface area contributed by atoms with Crippen LogP contribution in [-0.2, 0) is 0 Å². The summed E-state index contributed by atoms with van der Waals surface area (Å²) in [6.07, 6.45) is 5.25. The number of carbonyl (C=O) groups excluding carboxylic acids is 1. The molecule has 0 unspecified atom stereocenters. The van der Waals surface area contributed by atoms with E-state index in [1.165, 1.54) is 0 Å². The van der Waals surface area contributed by atoms with Crippen LogP contribution in [0, 0.1) is 0 Å². The zero-order valence-corrected chi connectivity index (χ0v) is 14.5. The van der Waals surface area contributed by atoms with Crippen molar-refractivity contribution in [2.75, 3.05) is 12.4 Å². The van der Waals surface area contributed by atoms with Crippen LogP contribution in [0.4, 0.5) is 11.6 Å². The van der Waals surface area contributed by atoms with Gasteiger partial charge in [-0.2, -0.15) is 4.98 Å². The summed E-state index contributed by atoms with van der Waals surface area (Å²) < 4.78 is 3.45. The highest BCUT2D eigenvalue weighted by Crippen LogP contribution is 2.21. The Kier molecular flexibility index (Phi) is 4.02. The molecule has 0 aliphatic heterocycles. The number of imidazole rings is 1. The lowest BCUT2D eigenvalue weighted by molar-refractivity contribution is 0.0963. The number of nitrogens with one attached hydrogen (secondary N) is 2. The highest BCUT2D eigenvalue weighted by atomic mass is 35.5. The van der Waals surface area contributed by atoms with Crippen LogP contribution in [0.2, 0.25) is 5.28 Å². The quantitative estimate of drug-likeness (QED) is 0.579. The van der Waals surface area contributed by atoms with Crippen LogP contribution in [0.1, 0.15) is 10.4 Å². The van der Waals surface area contributed by atoms with Crippen LogP contribution in [0.5, 0.6) is 0 Å². The van der Waals surface area contributed by atoms with Crippen LogP contribution in [0.3, 0.4) is 0 Å². The second-order valence-electron chi connectivity index (χ2n) is 5.49. The molecule has 0 atom stereocenters. The Morgan fingerprint density at radius 3 is 2.96 bits per heavy atom. The van der Waals surface area contributed by atoms with Crippen molar-refractivity contribution in [3.8, 4) is 5.69 Å². The zero-order chi connectivity index (χ0) is 18.1. The minimum absolute atomic E-state index is 0.133. The fourth-order valence-electron chi connectivity index (χ4n) is 2.60. The van der Waals surface area contributed by atoms with E-state index in [-0.39, 0.29) is 11.2 Å². The van der Waals surface area contributed by atoms with Crippen molar-refractivity contribution in [2.24, 2.45) is 0 Å². The smallest absolute Gasteiger partial charge is 0.251 e. The number of amides is 1. The Balaban J connectivity index is 1.64. The monoisotopic (exact) mass is 367 g/mol. The van der Waals surface area contributed by atoms with E-state index in [4.69, 9.17) is 11.6 Å². The first kappa shape index (κ1) is 16.1. The third-order valence-corrected chi connectivity index (χ3v) is 3.99. The maximum absolute atomic E-state index is 11.8. The summed E-state index contributed by atoms with van der Waals surface area (Å²) in [7, 11) is 1.60. The fraction of sp³-hybridized carbons (Fsp3) is 0.0588. The molecule has 4 aromatic rings. The lowest BCUT2D eigenvalue weighted by atomic mass is 10.2. The molecule has 130 valence electrons. The minimum atomic E-state index is -0.142. The molecule has 0 bridgehead atoms. The number of nitrogens with zero attached hydrogens (tertiary/aromatic N) is 5. The lowest BCUT2D eigenvalue weighted by Crippen LogP contribution is -2.17. The Bertz CT molecular complexity index is 1100. The van der Waals surface area contributed by atoms with E-state index in [9.17, 15) is 4.79 Å². The maximum atomic E-state index is 11.8. The van der Waals surface area contributed by atoms with Crippen LogP contribution in [-0.4, -0.2) is 37.1 Å². The lowest BCUT2D eigenvalue weighted by Gasteiger charge is -2.06. The summed E-state index contributed by atoms with van der Waals surface area (Å²) in [4.78, 5) is 20.4. The maximum Gasteiger partial charge on any atom is 0.251 e. The summed E-state index contributed by atoms with van der Waals surface area (Å²) in [5.74, 6) is 1.00. The summed E-state index contributed by atoms with van der Waals surface area (Å²) in [5.41, 5.74) is 2.18. The van der Waals surface area contributed by atoms with Gasteiger partial charge in [-0.25, -0.2) is 9.50 Å².